The van der Waals surface area contributed by atoms with Crippen LogP contribution in [-0.4, -0.2) is 23.7 Å². The van der Waals surface area contributed by atoms with E-state index in [1.54, 1.807) is 18.2 Å². The van der Waals surface area contributed by atoms with Crippen LogP contribution < -0.4 is 11.1 Å². The number of carbonyl (C=O) groups excluding carboxylic acids is 1. The fourth-order valence-electron chi connectivity index (χ4n) is 1.42. The van der Waals surface area contributed by atoms with Crippen LogP contribution in [0, 0.1) is 5.92 Å². The molecule has 0 aromatic heterocycles. The van der Waals surface area contributed by atoms with Crippen LogP contribution >= 0.6 is 15.9 Å². The fraction of sp³-hybridized carbons (Fsp3) is 0.417. The molecule has 0 bridgehead atoms. The summed E-state index contributed by atoms with van der Waals surface area (Å²) in [5.74, 6) is -0.0563. The Hall–Kier alpha value is -1.07. The van der Waals surface area contributed by atoms with E-state index in [1.807, 2.05) is 13.8 Å². The van der Waals surface area contributed by atoms with Crippen LogP contribution in [-0.2, 0) is 0 Å². The number of carbonyl (C=O) groups is 1. The van der Waals surface area contributed by atoms with Gasteiger partial charge in [0.25, 0.3) is 5.91 Å². The minimum absolute atomic E-state index is 0.0765. The largest absolute Gasteiger partial charge is 0.399 e. The molecule has 1 aromatic rings. The summed E-state index contributed by atoms with van der Waals surface area (Å²) < 4.78 is 0.757. The topological polar surface area (TPSA) is 75.3 Å². The second-order valence-electron chi connectivity index (χ2n) is 4.28. The van der Waals surface area contributed by atoms with Crippen molar-refractivity contribution in [1.82, 2.24) is 5.32 Å². The van der Waals surface area contributed by atoms with Crippen molar-refractivity contribution in [2.24, 2.45) is 5.92 Å². The average Bonchev–Trinajstić information content (AvgIpc) is 2.23. The highest BCUT2D eigenvalue weighted by molar-refractivity contribution is 9.10. The monoisotopic (exact) mass is 300 g/mol. The van der Waals surface area contributed by atoms with Gasteiger partial charge in [0, 0.05) is 15.7 Å². The molecular weight excluding hydrogens is 284 g/mol. The zero-order chi connectivity index (χ0) is 13.0. The molecule has 0 fully saturated rings. The van der Waals surface area contributed by atoms with Gasteiger partial charge in [0.1, 0.15) is 0 Å². The molecule has 1 amide bonds. The molecule has 17 heavy (non-hydrogen) atoms. The number of halogens is 1. The number of nitrogen functional groups attached to an aromatic ring is 1. The highest BCUT2D eigenvalue weighted by Gasteiger charge is 2.16. The van der Waals surface area contributed by atoms with Gasteiger partial charge in [-0.3, -0.25) is 4.79 Å². The smallest absolute Gasteiger partial charge is 0.251 e. The Labute approximate surface area is 109 Å². The van der Waals surface area contributed by atoms with Gasteiger partial charge in [0.05, 0.1) is 12.6 Å². The molecule has 0 aliphatic carbocycles. The zero-order valence-corrected chi connectivity index (χ0v) is 11.5. The molecule has 0 aliphatic rings. The molecule has 0 aliphatic heterocycles. The molecule has 0 radical (unpaired) electrons. The Morgan fingerprint density at radius 3 is 2.59 bits per heavy atom. The van der Waals surface area contributed by atoms with Gasteiger partial charge in [-0.05, 0) is 24.1 Å². The molecule has 1 aromatic carbocycles. The van der Waals surface area contributed by atoms with Crippen LogP contribution in [0.15, 0.2) is 22.7 Å². The third-order valence-electron chi connectivity index (χ3n) is 2.50. The lowest BCUT2D eigenvalue weighted by Crippen LogP contribution is -2.41. The van der Waals surface area contributed by atoms with E-state index in [2.05, 4.69) is 21.2 Å². The van der Waals surface area contributed by atoms with Crippen LogP contribution in [0.1, 0.15) is 24.2 Å². The molecule has 0 saturated heterocycles. The fourth-order valence-corrected chi connectivity index (χ4v) is 1.93. The molecule has 0 unspecified atom stereocenters. The lowest BCUT2D eigenvalue weighted by Gasteiger charge is -2.20. The normalized spacial score (nSPS) is 12.5. The first kappa shape index (κ1) is 14.0. The molecule has 0 saturated carbocycles. The maximum atomic E-state index is 11.9. The third-order valence-corrected chi connectivity index (χ3v) is 2.96. The van der Waals surface area contributed by atoms with Gasteiger partial charge in [-0.1, -0.05) is 29.8 Å². The van der Waals surface area contributed by atoms with Crippen molar-refractivity contribution in [2.45, 2.75) is 19.9 Å². The summed E-state index contributed by atoms with van der Waals surface area (Å²) in [5.41, 5.74) is 6.67. The highest BCUT2D eigenvalue weighted by Crippen LogP contribution is 2.17. The molecule has 5 heteroatoms. The number of aliphatic hydroxyl groups is 1. The van der Waals surface area contributed by atoms with Gasteiger partial charge >= 0.3 is 0 Å². The number of hydrogen-bond acceptors (Lipinski definition) is 3. The maximum Gasteiger partial charge on any atom is 0.251 e. The quantitative estimate of drug-likeness (QED) is 0.742. The van der Waals surface area contributed by atoms with Crippen molar-refractivity contribution in [3.05, 3.63) is 28.2 Å². The Morgan fingerprint density at radius 2 is 2.12 bits per heavy atom. The summed E-state index contributed by atoms with van der Waals surface area (Å²) in [6, 6.07) is 4.78. The SMILES string of the molecule is CC(C)[C@@H](CO)NC(=O)c1cc(N)cc(Br)c1. The molecule has 1 atom stereocenters. The first-order valence-electron chi connectivity index (χ1n) is 5.42. The number of aliphatic hydroxyl groups excluding tert-OH is 1. The van der Waals surface area contributed by atoms with Gasteiger partial charge in [-0.15, -0.1) is 0 Å². The number of rotatable bonds is 4. The van der Waals surface area contributed by atoms with Crippen LogP contribution in [0.4, 0.5) is 5.69 Å². The summed E-state index contributed by atoms with van der Waals surface area (Å²) in [4.78, 5) is 11.9. The van der Waals surface area contributed by atoms with E-state index in [4.69, 9.17) is 10.8 Å². The van der Waals surface area contributed by atoms with Crippen molar-refractivity contribution >= 4 is 27.5 Å². The second kappa shape index (κ2) is 6.02. The van der Waals surface area contributed by atoms with Gasteiger partial charge in [-0.2, -0.15) is 0 Å². The first-order valence-corrected chi connectivity index (χ1v) is 6.21. The van der Waals surface area contributed by atoms with Crippen molar-refractivity contribution in [2.75, 3.05) is 12.3 Å². The molecule has 0 heterocycles. The van der Waals surface area contributed by atoms with Crippen LogP contribution in [0.2, 0.25) is 0 Å². The maximum absolute atomic E-state index is 11.9. The summed E-state index contributed by atoms with van der Waals surface area (Å²) in [5, 5.41) is 11.9. The van der Waals surface area contributed by atoms with Crippen molar-refractivity contribution < 1.29 is 9.90 Å². The van der Waals surface area contributed by atoms with E-state index >= 15 is 0 Å². The summed E-state index contributed by atoms with van der Waals surface area (Å²) >= 11 is 3.28. The molecule has 94 valence electrons. The Balaban J connectivity index is 2.82. The van der Waals surface area contributed by atoms with E-state index < -0.39 is 0 Å². The first-order chi connectivity index (χ1) is 7.93. The van der Waals surface area contributed by atoms with Crippen molar-refractivity contribution in [1.29, 1.82) is 0 Å². The minimum atomic E-state index is -0.247. The number of amides is 1. The zero-order valence-electron chi connectivity index (χ0n) is 9.90. The Morgan fingerprint density at radius 1 is 1.47 bits per heavy atom. The van der Waals surface area contributed by atoms with Crippen LogP contribution in [0.5, 0.6) is 0 Å². The van der Waals surface area contributed by atoms with E-state index in [9.17, 15) is 4.79 Å². The average molecular weight is 301 g/mol. The van der Waals surface area contributed by atoms with Crippen LogP contribution in [0.25, 0.3) is 0 Å². The Kier molecular flexibility index (Phi) is 4.96. The number of nitrogens with two attached hydrogens (primary N) is 1. The molecule has 4 N–H and O–H groups in total. The highest BCUT2D eigenvalue weighted by atomic mass is 79.9. The Bertz CT molecular complexity index is 387. The lowest BCUT2D eigenvalue weighted by atomic mass is 10.0. The van der Waals surface area contributed by atoms with Gasteiger partial charge in [-0.25, -0.2) is 0 Å². The lowest BCUT2D eigenvalue weighted by molar-refractivity contribution is 0.0897. The molecule has 0 spiro atoms. The van der Waals surface area contributed by atoms with Crippen molar-refractivity contribution in [3.63, 3.8) is 0 Å². The van der Waals surface area contributed by atoms with E-state index in [0.29, 0.717) is 11.3 Å². The predicted octanol–water partition coefficient (Wildman–Crippen LogP) is 1.78. The van der Waals surface area contributed by atoms with Crippen LogP contribution in [0.3, 0.4) is 0 Å². The number of benzene rings is 1. The summed E-state index contributed by atoms with van der Waals surface area (Å²) in [6.45, 7) is 3.81. The minimum Gasteiger partial charge on any atom is -0.399 e. The third kappa shape index (κ3) is 4.02. The standard InChI is InChI=1S/C12H17BrN2O2/c1-7(2)11(6-16)15-12(17)8-3-9(13)5-10(14)4-8/h3-5,7,11,16H,6,14H2,1-2H3,(H,15,17)/t11-/m1/s1. The summed E-state index contributed by atoms with van der Waals surface area (Å²) in [7, 11) is 0. The van der Waals surface area contributed by atoms with Crippen molar-refractivity contribution in [3.8, 4) is 0 Å². The van der Waals surface area contributed by atoms with Gasteiger partial charge < -0.3 is 16.2 Å². The van der Waals surface area contributed by atoms with E-state index in [1.165, 1.54) is 0 Å². The molecule has 4 nitrogen and oxygen atoms in total. The molecule has 1 rings (SSSR count). The van der Waals surface area contributed by atoms with E-state index in [-0.39, 0.29) is 24.5 Å². The summed E-state index contributed by atoms with van der Waals surface area (Å²) in [6.07, 6.45) is 0. The van der Waals surface area contributed by atoms with Gasteiger partial charge in [0.15, 0.2) is 0 Å². The number of hydrogen-bond donors (Lipinski definition) is 3. The predicted molar refractivity (Wildman–Crippen MR) is 71.7 cm³/mol. The van der Waals surface area contributed by atoms with E-state index in [0.717, 1.165) is 4.47 Å². The second-order valence-corrected chi connectivity index (χ2v) is 5.20. The van der Waals surface area contributed by atoms with Gasteiger partial charge in [0.2, 0.25) is 0 Å². The number of anilines is 1. The molecular formula is C12H17BrN2O2. The number of nitrogens with one attached hydrogen (secondary N) is 1.